The van der Waals surface area contributed by atoms with Crippen LogP contribution in [0.15, 0.2) is 48.5 Å². The molecule has 1 N–H and O–H groups in total. The topological polar surface area (TPSA) is 41.6 Å². The molecular weight excluding hydrogens is 319 g/mol. The summed E-state index contributed by atoms with van der Waals surface area (Å²) >= 11 is 0. The van der Waals surface area contributed by atoms with Gasteiger partial charge in [0.2, 0.25) is 0 Å². The zero-order valence-electron chi connectivity index (χ0n) is 14.4. The van der Waals surface area contributed by atoms with Crippen LogP contribution < -0.4 is 15.0 Å². The summed E-state index contributed by atoms with van der Waals surface area (Å²) in [6.07, 6.45) is 2.43. The predicted octanol–water partition coefficient (Wildman–Crippen LogP) is 4.08. The molecule has 1 heterocycles. The SMILES string of the molecule is CC1CCN(c2ccc(NC(=O)COc3ccccc3F)cc2)CC1. The molecule has 2 aromatic rings. The minimum absolute atomic E-state index is 0.0762. The first-order valence-corrected chi connectivity index (χ1v) is 8.64. The molecular formula is C20H23FN2O2. The molecule has 3 rings (SSSR count). The van der Waals surface area contributed by atoms with Crippen molar-refractivity contribution in [2.24, 2.45) is 5.92 Å². The number of hydrogen-bond acceptors (Lipinski definition) is 3. The Balaban J connectivity index is 1.51. The van der Waals surface area contributed by atoms with Crippen LogP contribution in [0.4, 0.5) is 15.8 Å². The van der Waals surface area contributed by atoms with Gasteiger partial charge in [-0.3, -0.25) is 4.79 Å². The zero-order valence-corrected chi connectivity index (χ0v) is 14.4. The van der Waals surface area contributed by atoms with Gasteiger partial charge in [0.05, 0.1) is 0 Å². The van der Waals surface area contributed by atoms with Crippen molar-refractivity contribution in [3.63, 3.8) is 0 Å². The van der Waals surface area contributed by atoms with E-state index in [4.69, 9.17) is 4.74 Å². The second-order valence-electron chi connectivity index (χ2n) is 6.48. The summed E-state index contributed by atoms with van der Waals surface area (Å²) in [4.78, 5) is 14.3. The Labute approximate surface area is 147 Å². The molecule has 5 heteroatoms. The molecule has 0 spiro atoms. The monoisotopic (exact) mass is 342 g/mol. The summed E-state index contributed by atoms with van der Waals surface area (Å²) in [5.74, 6) is 0.0786. The Bertz CT molecular complexity index is 710. The predicted molar refractivity (Wildman–Crippen MR) is 97.6 cm³/mol. The number of carbonyl (C=O) groups excluding carboxylic acids is 1. The number of piperidine rings is 1. The highest BCUT2D eigenvalue weighted by Crippen LogP contribution is 2.24. The number of ether oxygens (including phenoxy) is 1. The van der Waals surface area contributed by atoms with E-state index in [2.05, 4.69) is 17.1 Å². The Hall–Kier alpha value is -2.56. The van der Waals surface area contributed by atoms with E-state index in [1.54, 1.807) is 12.1 Å². The molecule has 1 fully saturated rings. The Morgan fingerprint density at radius 2 is 1.84 bits per heavy atom. The van der Waals surface area contributed by atoms with Crippen molar-refractivity contribution in [3.8, 4) is 5.75 Å². The van der Waals surface area contributed by atoms with Crippen LogP contribution in [0.2, 0.25) is 0 Å². The number of carbonyl (C=O) groups is 1. The van der Waals surface area contributed by atoms with Gasteiger partial charge < -0.3 is 15.0 Å². The zero-order chi connectivity index (χ0) is 17.6. The summed E-state index contributed by atoms with van der Waals surface area (Å²) in [7, 11) is 0. The van der Waals surface area contributed by atoms with Crippen molar-refractivity contribution in [2.75, 3.05) is 29.9 Å². The fourth-order valence-electron chi connectivity index (χ4n) is 2.92. The third-order valence-electron chi connectivity index (χ3n) is 4.50. The molecule has 132 valence electrons. The minimum atomic E-state index is -0.476. The molecule has 1 aliphatic rings. The van der Waals surface area contributed by atoms with Crippen molar-refractivity contribution in [1.82, 2.24) is 0 Å². The van der Waals surface area contributed by atoms with Crippen LogP contribution in [0, 0.1) is 11.7 Å². The van der Waals surface area contributed by atoms with Crippen molar-refractivity contribution in [3.05, 3.63) is 54.3 Å². The molecule has 4 nitrogen and oxygen atoms in total. The van der Waals surface area contributed by atoms with E-state index in [1.807, 2.05) is 24.3 Å². The van der Waals surface area contributed by atoms with E-state index in [-0.39, 0.29) is 18.3 Å². The number of rotatable bonds is 5. The van der Waals surface area contributed by atoms with Gasteiger partial charge in [-0.25, -0.2) is 4.39 Å². The van der Waals surface area contributed by atoms with Gasteiger partial charge in [-0.2, -0.15) is 0 Å². The van der Waals surface area contributed by atoms with Crippen LogP contribution in [0.3, 0.4) is 0 Å². The van der Waals surface area contributed by atoms with E-state index in [0.29, 0.717) is 5.69 Å². The quantitative estimate of drug-likeness (QED) is 0.890. The number of hydrogen-bond donors (Lipinski definition) is 1. The molecule has 0 aliphatic carbocycles. The molecule has 0 bridgehead atoms. The first kappa shape index (κ1) is 17.3. The van der Waals surface area contributed by atoms with Crippen LogP contribution in [0.25, 0.3) is 0 Å². The Morgan fingerprint density at radius 3 is 2.52 bits per heavy atom. The summed E-state index contributed by atoms with van der Waals surface area (Å²) in [6, 6.07) is 13.8. The van der Waals surface area contributed by atoms with E-state index in [1.165, 1.54) is 30.7 Å². The normalized spacial score (nSPS) is 15.0. The van der Waals surface area contributed by atoms with Crippen molar-refractivity contribution < 1.29 is 13.9 Å². The molecule has 0 aromatic heterocycles. The highest BCUT2D eigenvalue weighted by Gasteiger charge is 2.16. The van der Waals surface area contributed by atoms with Gasteiger partial charge in [-0.15, -0.1) is 0 Å². The van der Waals surface area contributed by atoms with Crippen molar-refractivity contribution in [2.45, 2.75) is 19.8 Å². The molecule has 1 amide bonds. The van der Waals surface area contributed by atoms with Gasteiger partial charge in [0.15, 0.2) is 18.2 Å². The Kier molecular flexibility index (Phi) is 5.53. The third-order valence-corrected chi connectivity index (χ3v) is 4.50. The van der Waals surface area contributed by atoms with Crippen LogP contribution in [-0.2, 0) is 4.79 Å². The average molecular weight is 342 g/mol. The van der Waals surface area contributed by atoms with Crippen molar-refractivity contribution in [1.29, 1.82) is 0 Å². The highest BCUT2D eigenvalue weighted by molar-refractivity contribution is 5.92. The van der Waals surface area contributed by atoms with Gasteiger partial charge >= 0.3 is 0 Å². The van der Waals surface area contributed by atoms with Gasteiger partial charge in [0.25, 0.3) is 5.91 Å². The number of para-hydroxylation sites is 1. The maximum atomic E-state index is 13.5. The van der Waals surface area contributed by atoms with Crippen LogP contribution in [-0.4, -0.2) is 25.6 Å². The lowest BCUT2D eigenvalue weighted by atomic mass is 9.99. The van der Waals surface area contributed by atoms with Crippen LogP contribution in [0.1, 0.15) is 19.8 Å². The van der Waals surface area contributed by atoms with E-state index in [9.17, 15) is 9.18 Å². The number of anilines is 2. The smallest absolute Gasteiger partial charge is 0.262 e. The molecule has 1 saturated heterocycles. The summed E-state index contributed by atoms with van der Waals surface area (Å²) in [5.41, 5.74) is 1.88. The molecule has 0 unspecified atom stereocenters. The second-order valence-corrected chi connectivity index (χ2v) is 6.48. The van der Waals surface area contributed by atoms with Gasteiger partial charge in [0.1, 0.15) is 0 Å². The summed E-state index contributed by atoms with van der Waals surface area (Å²) in [6.45, 7) is 4.21. The number of amides is 1. The van der Waals surface area contributed by atoms with Crippen LogP contribution >= 0.6 is 0 Å². The number of halogens is 1. The van der Waals surface area contributed by atoms with Crippen LogP contribution in [0.5, 0.6) is 5.75 Å². The Morgan fingerprint density at radius 1 is 1.16 bits per heavy atom. The molecule has 0 radical (unpaired) electrons. The molecule has 1 aliphatic heterocycles. The number of benzene rings is 2. The van der Waals surface area contributed by atoms with Gasteiger partial charge in [0, 0.05) is 24.5 Å². The standard InChI is InChI=1S/C20H23FN2O2/c1-15-10-12-23(13-11-15)17-8-6-16(7-9-17)22-20(24)14-25-19-5-3-2-4-18(19)21/h2-9,15H,10-14H2,1H3,(H,22,24). The average Bonchev–Trinajstić information content (AvgIpc) is 2.62. The molecule has 2 aromatic carbocycles. The summed E-state index contributed by atoms with van der Waals surface area (Å²) in [5, 5.41) is 2.76. The fraction of sp³-hybridized carbons (Fsp3) is 0.350. The van der Waals surface area contributed by atoms with Crippen molar-refractivity contribution >= 4 is 17.3 Å². The van der Waals surface area contributed by atoms with E-state index >= 15 is 0 Å². The fourth-order valence-corrected chi connectivity index (χ4v) is 2.92. The maximum Gasteiger partial charge on any atom is 0.262 e. The third kappa shape index (κ3) is 4.72. The largest absolute Gasteiger partial charge is 0.481 e. The minimum Gasteiger partial charge on any atom is -0.481 e. The first-order valence-electron chi connectivity index (χ1n) is 8.64. The second kappa shape index (κ2) is 8.01. The van der Waals surface area contributed by atoms with E-state index in [0.717, 1.165) is 19.0 Å². The first-order chi connectivity index (χ1) is 12.1. The molecule has 0 saturated carbocycles. The number of nitrogens with one attached hydrogen (secondary N) is 1. The number of nitrogens with zero attached hydrogens (tertiary/aromatic N) is 1. The molecule has 0 atom stereocenters. The lowest BCUT2D eigenvalue weighted by molar-refractivity contribution is -0.118. The van der Waals surface area contributed by atoms with Gasteiger partial charge in [-0.1, -0.05) is 19.1 Å². The highest BCUT2D eigenvalue weighted by atomic mass is 19.1. The van der Waals surface area contributed by atoms with Gasteiger partial charge in [-0.05, 0) is 55.2 Å². The lowest BCUT2D eigenvalue weighted by Crippen LogP contribution is -2.32. The maximum absolute atomic E-state index is 13.5. The lowest BCUT2D eigenvalue weighted by Gasteiger charge is -2.32. The van der Waals surface area contributed by atoms with E-state index < -0.39 is 5.82 Å². The molecule has 25 heavy (non-hydrogen) atoms. The summed E-state index contributed by atoms with van der Waals surface area (Å²) < 4.78 is 18.7.